The lowest BCUT2D eigenvalue weighted by molar-refractivity contribution is -0.295. The minimum Gasteiger partial charge on any atom is -0.463 e. The van der Waals surface area contributed by atoms with Crippen LogP contribution in [0.15, 0.2) is 0 Å². The van der Waals surface area contributed by atoms with Gasteiger partial charge in [-0.25, -0.2) is 0 Å². The molecular weight excluding hydrogens is 586 g/mol. The monoisotopic (exact) mass is 653 g/mol. The lowest BCUT2D eigenvalue weighted by Gasteiger charge is -2.47. The van der Waals surface area contributed by atoms with Crippen molar-refractivity contribution in [2.75, 3.05) is 54.5 Å². The smallest absolute Gasteiger partial charge is 0.319 e. The molecule has 0 radical (unpaired) electrons. The molecule has 3 fully saturated rings. The molecule has 0 aromatic rings. The quantitative estimate of drug-likeness (QED) is 0.270. The van der Waals surface area contributed by atoms with E-state index in [4.69, 9.17) is 18.9 Å². The van der Waals surface area contributed by atoms with Crippen molar-refractivity contribution in [3.63, 3.8) is 0 Å². The first kappa shape index (κ1) is 39.3. The van der Waals surface area contributed by atoms with Gasteiger partial charge in [0.2, 0.25) is 0 Å². The van der Waals surface area contributed by atoms with Crippen LogP contribution in [0.3, 0.4) is 0 Å². The first-order chi connectivity index (χ1) is 21.5. The molecule has 0 aromatic heterocycles. The predicted molar refractivity (Wildman–Crippen MR) is 181 cm³/mol. The molecule has 2 heterocycles. The van der Waals surface area contributed by atoms with E-state index in [1.165, 1.54) is 25.7 Å². The zero-order valence-corrected chi connectivity index (χ0v) is 30.9. The van der Waals surface area contributed by atoms with Gasteiger partial charge in [0.25, 0.3) is 0 Å². The second-order valence-electron chi connectivity index (χ2n) is 15.6. The second-order valence-corrected chi connectivity index (χ2v) is 15.6. The number of ketones is 1. The molecule has 2 saturated heterocycles. The highest BCUT2D eigenvalue weighted by atomic mass is 16.7. The predicted octanol–water partition coefficient (Wildman–Crippen LogP) is 4.36. The fraction of sp³-hybridized carbons (Fsp3) is 0.944. The zero-order valence-electron chi connectivity index (χ0n) is 30.9. The second kappa shape index (κ2) is 17.0. The van der Waals surface area contributed by atoms with E-state index in [0.29, 0.717) is 18.9 Å². The number of likely N-dealkylation sites (N-methyl/N-ethyl adjacent to an activating group) is 2. The molecule has 1 N–H and O–H groups in total. The van der Waals surface area contributed by atoms with Gasteiger partial charge in [-0.15, -0.1) is 0 Å². The van der Waals surface area contributed by atoms with E-state index in [0.717, 1.165) is 32.5 Å². The molecule has 268 valence electrons. The van der Waals surface area contributed by atoms with E-state index in [-0.39, 0.29) is 36.5 Å². The number of hydrogen-bond acceptors (Lipinski definition) is 10. The van der Waals surface area contributed by atoms with Gasteiger partial charge in [-0.3, -0.25) is 14.5 Å². The number of aliphatic hydroxyl groups excluding tert-OH is 1. The largest absolute Gasteiger partial charge is 0.463 e. The summed E-state index contributed by atoms with van der Waals surface area (Å²) in [5.41, 5.74) is -2.30. The lowest BCUT2D eigenvalue weighted by atomic mass is 9.74. The van der Waals surface area contributed by atoms with Crippen molar-refractivity contribution in [3.8, 4) is 0 Å². The van der Waals surface area contributed by atoms with E-state index in [9.17, 15) is 14.7 Å². The van der Waals surface area contributed by atoms with Crippen LogP contribution in [-0.2, 0) is 28.5 Å². The molecule has 0 aromatic carbocycles. The SMILES string of the molecule is CCN1C[C@H](C)C[C@@](C)(OC)[C@H](O[C@@H]2O[C@H](C)C[C@H](N(C)C)[C@H]2O)[C@@H](C)C(=O)C(C)(C)C(=O)OC[C@@H]1CCCN(C)C1CCCC1. The van der Waals surface area contributed by atoms with Crippen LogP contribution < -0.4 is 0 Å². The molecule has 2 aliphatic heterocycles. The lowest BCUT2D eigenvalue weighted by Crippen LogP contribution is -2.59. The number of carbonyl (C=O) groups is 2. The Labute approximate surface area is 279 Å². The molecule has 0 amide bonds. The number of methoxy groups -OCH3 is 1. The summed E-state index contributed by atoms with van der Waals surface area (Å²) in [6, 6.07) is 0.558. The Morgan fingerprint density at radius 2 is 1.72 bits per heavy atom. The topological polar surface area (TPSA) is 101 Å². The molecule has 10 heteroatoms. The maximum Gasteiger partial charge on any atom is 0.319 e. The van der Waals surface area contributed by atoms with Gasteiger partial charge >= 0.3 is 5.97 Å². The van der Waals surface area contributed by atoms with Gasteiger partial charge in [0.05, 0.1) is 17.8 Å². The van der Waals surface area contributed by atoms with Gasteiger partial charge in [0.1, 0.15) is 18.1 Å². The van der Waals surface area contributed by atoms with Gasteiger partial charge in [0, 0.05) is 37.7 Å². The molecule has 3 aliphatic rings. The summed E-state index contributed by atoms with van der Waals surface area (Å²) in [7, 11) is 7.76. The molecule has 9 atom stereocenters. The Bertz CT molecular complexity index is 973. The highest BCUT2D eigenvalue weighted by Crippen LogP contribution is 2.38. The Hall–Kier alpha value is -1.14. The van der Waals surface area contributed by atoms with E-state index in [1.54, 1.807) is 27.9 Å². The fourth-order valence-electron chi connectivity index (χ4n) is 8.23. The number of nitrogens with zero attached hydrogens (tertiary/aromatic N) is 3. The van der Waals surface area contributed by atoms with Crippen LogP contribution in [0.2, 0.25) is 0 Å². The van der Waals surface area contributed by atoms with E-state index >= 15 is 0 Å². The third-order valence-corrected chi connectivity index (χ3v) is 11.2. The Balaban J connectivity index is 1.90. The van der Waals surface area contributed by atoms with Crippen LogP contribution in [0.1, 0.15) is 99.8 Å². The first-order valence-corrected chi connectivity index (χ1v) is 17.9. The average Bonchev–Trinajstić information content (AvgIpc) is 3.55. The first-order valence-electron chi connectivity index (χ1n) is 17.9. The number of esters is 1. The van der Waals surface area contributed by atoms with Crippen LogP contribution in [0.5, 0.6) is 0 Å². The van der Waals surface area contributed by atoms with Gasteiger partial charge in [-0.2, -0.15) is 0 Å². The highest BCUT2D eigenvalue weighted by Gasteiger charge is 2.51. The number of hydrogen-bond donors (Lipinski definition) is 1. The molecule has 1 saturated carbocycles. The van der Waals surface area contributed by atoms with Crippen LogP contribution in [0.4, 0.5) is 0 Å². The normalized spacial score (nSPS) is 37.6. The molecule has 46 heavy (non-hydrogen) atoms. The third kappa shape index (κ3) is 9.51. The number of carbonyl (C=O) groups excluding carboxylic acids is 2. The highest BCUT2D eigenvalue weighted by molar-refractivity contribution is 6.04. The van der Waals surface area contributed by atoms with E-state index in [2.05, 4.69) is 30.7 Å². The molecule has 0 spiro atoms. The van der Waals surface area contributed by atoms with Crippen molar-refractivity contribution in [3.05, 3.63) is 0 Å². The third-order valence-electron chi connectivity index (χ3n) is 11.2. The fourth-order valence-corrected chi connectivity index (χ4v) is 8.23. The average molecular weight is 654 g/mol. The number of rotatable bonds is 10. The van der Waals surface area contributed by atoms with E-state index in [1.807, 2.05) is 32.8 Å². The van der Waals surface area contributed by atoms with Crippen LogP contribution in [0, 0.1) is 17.3 Å². The molecule has 0 bridgehead atoms. The summed E-state index contributed by atoms with van der Waals surface area (Å²) < 4.78 is 25.1. The van der Waals surface area contributed by atoms with Crippen LogP contribution in [0.25, 0.3) is 0 Å². The summed E-state index contributed by atoms with van der Waals surface area (Å²) in [5, 5.41) is 11.3. The molecule has 1 aliphatic carbocycles. The Kier molecular flexibility index (Phi) is 14.5. The van der Waals surface area contributed by atoms with Crippen molar-refractivity contribution in [2.45, 2.75) is 148 Å². The van der Waals surface area contributed by atoms with Crippen molar-refractivity contribution >= 4 is 11.8 Å². The molecular formula is C36H67N3O7. The molecule has 0 unspecified atom stereocenters. The summed E-state index contributed by atoms with van der Waals surface area (Å²) in [4.78, 5) is 34.8. The maximum atomic E-state index is 14.2. The summed E-state index contributed by atoms with van der Waals surface area (Å²) >= 11 is 0. The number of aliphatic hydroxyl groups is 1. The number of Topliss-reactive ketones (excluding diaryl/α,β-unsaturated/α-hetero) is 1. The summed E-state index contributed by atoms with van der Waals surface area (Å²) in [6.45, 7) is 16.3. The zero-order chi connectivity index (χ0) is 34.4. The molecule has 3 rings (SSSR count). The standard InChI is InChI=1S/C36H67N3O7/c1-12-39-22-24(2)21-36(7,43-11)32(46-33-30(40)29(37(8)9)20-25(3)45-33)26(4)31(41)35(5,6)34(42)44-23-28(39)18-15-19-38(10)27-16-13-14-17-27/h24-30,32-33,40H,12-23H2,1-11H3/t24-,25-,26+,28+,29+,30-,32-,33+,36-/m1/s1. The van der Waals surface area contributed by atoms with Crippen LogP contribution >= 0.6 is 0 Å². The summed E-state index contributed by atoms with van der Waals surface area (Å²) in [6.07, 6.45) is 5.59. The van der Waals surface area contributed by atoms with Gasteiger partial charge in [-0.05, 0) is 106 Å². The van der Waals surface area contributed by atoms with Gasteiger partial charge in [0.15, 0.2) is 12.1 Å². The van der Waals surface area contributed by atoms with E-state index < -0.39 is 41.4 Å². The minimum atomic E-state index is -1.40. The number of cyclic esters (lactones) is 1. The van der Waals surface area contributed by atoms with Crippen molar-refractivity contribution in [2.24, 2.45) is 17.3 Å². The summed E-state index contributed by atoms with van der Waals surface area (Å²) in [5.74, 6) is -1.36. The van der Waals surface area contributed by atoms with Crippen molar-refractivity contribution < 1.29 is 33.6 Å². The maximum absolute atomic E-state index is 14.2. The minimum absolute atomic E-state index is 0.0496. The van der Waals surface area contributed by atoms with Crippen molar-refractivity contribution in [1.29, 1.82) is 0 Å². The van der Waals surface area contributed by atoms with Gasteiger partial charge < -0.3 is 33.9 Å². The van der Waals surface area contributed by atoms with Crippen molar-refractivity contribution in [1.82, 2.24) is 14.7 Å². The van der Waals surface area contributed by atoms with Gasteiger partial charge in [-0.1, -0.05) is 33.6 Å². The van der Waals surface area contributed by atoms with Crippen LogP contribution in [-0.4, -0.2) is 134 Å². The number of ether oxygens (including phenoxy) is 4. The Morgan fingerprint density at radius 3 is 2.30 bits per heavy atom. The molecule has 10 nitrogen and oxygen atoms in total. The Morgan fingerprint density at radius 1 is 1.07 bits per heavy atom.